The predicted octanol–water partition coefficient (Wildman–Crippen LogP) is 2.38. The van der Waals surface area contributed by atoms with Gasteiger partial charge in [0.1, 0.15) is 0 Å². The van der Waals surface area contributed by atoms with Crippen LogP contribution < -0.4 is 5.32 Å². The molecule has 6 heteroatoms. The zero-order valence-corrected chi connectivity index (χ0v) is 15.3. The Kier molecular flexibility index (Phi) is 6.70. The minimum atomic E-state index is -0.493. The number of carbonyl (C=O) groups is 1. The topological polar surface area (TPSA) is 61.8 Å². The molecule has 2 fully saturated rings. The minimum Gasteiger partial charge on any atom is -0.388 e. The fraction of sp³-hybridized carbons (Fsp3) is 0.632. The number of nitrogens with one attached hydrogen (secondary N) is 1. The Bertz CT molecular complexity index is 552. The van der Waals surface area contributed by atoms with Gasteiger partial charge >= 0.3 is 0 Å². The van der Waals surface area contributed by atoms with Crippen LogP contribution in [0.3, 0.4) is 0 Å². The van der Waals surface area contributed by atoms with E-state index in [1.807, 2.05) is 17.0 Å². The molecule has 2 heterocycles. The molecular weight excluding hydrogens is 340 g/mol. The molecule has 1 aromatic rings. The first-order chi connectivity index (χ1) is 12.1. The van der Waals surface area contributed by atoms with Crippen LogP contribution in [0.25, 0.3) is 0 Å². The van der Waals surface area contributed by atoms with Crippen LogP contribution in [0.1, 0.15) is 37.4 Å². The van der Waals surface area contributed by atoms with Crippen molar-refractivity contribution in [1.82, 2.24) is 10.2 Å². The number of piperidine rings is 1. The molecule has 1 amide bonds. The quantitative estimate of drug-likeness (QED) is 0.811. The van der Waals surface area contributed by atoms with Gasteiger partial charge in [-0.3, -0.25) is 4.79 Å². The molecule has 3 rings (SSSR count). The van der Waals surface area contributed by atoms with Gasteiger partial charge in [0.2, 0.25) is 5.91 Å². The SMILES string of the molecule is O=C(CNC[C@@H]1CCCO1)N1CCC([C@@H](O)c2ccc(Cl)cc2)CC1. The number of amides is 1. The van der Waals surface area contributed by atoms with Crippen LogP contribution in [0.4, 0.5) is 0 Å². The maximum absolute atomic E-state index is 12.3. The zero-order valence-electron chi connectivity index (χ0n) is 14.5. The lowest BCUT2D eigenvalue weighted by Crippen LogP contribution is -2.44. The van der Waals surface area contributed by atoms with Gasteiger partial charge in [-0.2, -0.15) is 0 Å². The number of rotatable bonds is 6. The maximum atomic E-state index is 12.3. The minimum absolute atomic E-state index is 0.137. The number of benzene rings is 1. The zero-order chi connectivity index (χ0) is 17.6. The second-order valence-electron chi connectivity index (χ2n) is 6.98. The number of hydrogen-bond acceptors (Lipinski definition) is 4. The van der Waals surface area contributed by atoms with Gasteiger partial charge in [-0.15, -0.1) is 0 Å². The van der Waals surface area contributed by atoms with Crippen molar-refractivity contribution in [1.29, 1.82) is 0 Å². The molecule has 0 aliphatic carbocycles. The fourth-order valence-electron chi connectivity index (χ4n) is 3.65. The van der Waals surface area contributed by atoms with Gasteiger partial charge in [0.05, 0.1) is 18.8 Å². The number of likely N-dealkylation sites (tertiary alicyclic amines) is 1. The second-order valence-corrected chi connectivity index (χ2v) is 7.42. The summed E-state index contributed by atoms with van der Waals surface area (Å²) >= 11 is 5.90. The van der Waals surface area contributed by atoms with Crippen LogP contribution in [0, 0.1) is 5.92 Å². The molecule has 25 heavy (non-hydrogen) atoms. The third kappa shape index (κ3) is 5.17. The number of nitrogens with zero attached hydrogens (tertiary/aromatic N) is 1. The first kappa shape index (κ1) is 18.6. The molecule has 138 valence electrons. The molecule has 2 aliphatic rings. The Morgan fingerprint density at radius 1 is 1.28 bits per heavy atom. The van der Waals surface area contributed by atoms with E-state index in [-0.39, 0.29) is 17.9 Å². The van der Waals surface area contributed by atoms with E-state index >= 15 is 0 Å². The monoisotopic (exact) mass is 366 g/mol. The van der Waals surface area contributed by atoms with E-state index in [1.54, 1.807) is 12.1 Å². The van der Waals surface area contributed by atoms with E-state index in [9.17, 15) is 9.90 Å². The summed E-state index contributed by atoms with van der Waals surface area (Å²) in [6.07, 6.45) is 3.60. The summed E-state index contributed by atoms with van der Waals surface area (Å²) in [5, 5.41) is 14.4. The Balaban J connectivity index is 1.40. The van der Waals surface area contributed by atoms with Crippen LogP contribution in [-0.4, -0.2) is 54.8 Å². The lowest BCUT2D eigenvalue weighted by atomic mass is 9.87. The second kappa shape index (κ2) is 8.99. The molecule has 1 aromatic carbocycles. The van der Waals surface area contributed by atoms with Crippen LogP contribution in [0.15, 0.2) is 24.3 Å². The number of carbonyl (C=O) groups excluding carboxylic acids is 1. The summed E-state index contributed by atoms with van der Waals surface area (Å²) in [4.78, 5) is 14.2. The largest absolute Gasteiger partial charge is 0.388 e. The van der Waals surface area contributed by atoms with Crippen molar-refractivity contribution in [3.8, 4) is 0 Å². The average Bonchev–Trinajstić information content (AvgIpc) is 3.15. The number of ether oxygens (including phenoxy) is 1. The summed E-state index contributed by atoms with van der Waals surface area (Å²) in [6.45, 7) is 3.36. The summed E-state index contributed by atoms with van der Waals surface area (Å²) < 4.78 is 5.55. The number of halogens is 1. The van der Waals surface area contributed by atoms with Gasteiger partial charge in [0, 0.05) is 31.3 Å². The van der Waals surface area contributed by atoms with Crippen molar-refractivity contribution >= 4 is 17.5 Å². The Labute approximate surface area is 154 Å². The van der Waals surface area contributed by atoms with E-state index in [2.05, 4.69) is 5.32 Å². The summed E-state index contributed by atoms with van der Waals surface area (Å²) in [6, 6.07) is 7.36. The van der Waals surface area contributed by atoms with Crippen molar-refractivity contribution in [3.05, 3.63) is 34.9 Å². The van der Waals surface area contributed by atoms with Gasteiger partial charge in [-0.1, -0.05) is 23.7 Å². The van der Waals surface area contributed by atoms with E-state index in [0.29, 0.717) is 24.7 Å². The van der Waals surface area contributed by atoms with Gasteiger partial charge in [-0.05, 0) is 49.3 Å². The smallest absolute Gasteiger partial charge is 0.236 e. The highest BCUT2D eigenvalue weighted by molar-refractivity contribution is 6.30. The highest BCUT2D eigenvalue weighted by Gasteiger charge is 2.28. The third-order valence-corrected chi connectivity index (χ3v) is 5.47. The lowest BCUT2D eigenvalue weighted by molar-refractivity contribution is -0.132. The van der Waals surface area contributed by atoms with E-state index in [4.69, 9.17) is 16.3 Å². The van der Waals surface area contributed by atoms with E-state index < -0.39 is 6.10 Å². The van der Waals surface area contributed by atoms with Crippen LogP contribution in [-0.2, 0) is 9.53 Å². The molecular formula is C19H27ClN2O3. The van der Waals surface area contributed by atoms with Crippen LogP contribution in [0.5, 0.6) is 0 Å². The summed E-state index contributed by atoms with van der Waals surface area (Å²) in [5.41, 5.74) is 0.896. The van der Waals surface area contributed by atoms with Crippen LogP contribution in [0.2, 0.25) is 5.02 Å². The molecule has 0 bridgehead atoms. The van der Waals surface area contributed by atoms with Gasteiger partial charge in [0.25, 0.3) is 0 Å². The van der Waals surface area contributed by atoms with Crippen molar-refractivity contribution < 1.29 is 14.6 Å². The van der Waals surface area contributed by atoms with Crippen molar-refractivity contribution in [2.24, 2.45) is 5.92 Å². The van der Waals surface area contributed by atoms with Gasteiger partial charge in [-0.25, -0.2) is 0 Å². The molecule has 5 nitrogen and oxygen atoms in total. The number of hydrogen-bond donors (Lipinski definition) is 2. The molecule has 0 radical (unpaired) electrons. The summed E-state index contributed by atoms with van der Waals surface area (Å²) in [5.74, 6) is 0.322. The summed E-state index contributed by atoms with van der Waals surface area (Å²) in [7, 11) is 0. The molecule has 2 aliphatic heterocycles. The van der Waals surface area contributed by atoms with Crippen molar-refractivity contribution in [2.45, 2.75) is 37.9 Å². The first-order valence-corrected chi connectivity index (χ1v) is 9.55. The van der Waals surface area contributed by atoms with Gasteiger partial charge in [0.15, 0.2) is 0 Å². The van der Waals surface area contributed by atoms with Crippen molar-refractivity contribution in [2.75, 3.05) is 32.8 Å². The lowest BCUT2D eigenvalue weighted by Gasteiger charge is -2.34. The first-order valence-electron chi connectivity index (χ1n) is 9.17. The van der Waals surface area contributed by atoms with Gasteiger partial charge < -0.3 is 20.1 Å². The van der Waals surface area contributed by atoms with Crippen LogP contribution >= 0.6 is 11.6 Å². The normalized spacial score (nSPS) is 23.0. The standard InChI is InChI=1S/C19H27ClN2O3/c20-16-5-3-14(4-6-16)19(24)15-7-9-22(10-8-15)18(23)13-21-12-17-2-1-11-25-17/h3-6,15,17,19,21,24H,1-2,7-13H2/t17-,19-/m0/s1. The Hall–Kier alpha value is -1.14. The van der Waals surface area contributed by atoms with E-state index in [0.717, 1.165) is 44.4 Å². The fourth-order valence-corrected chi connectivity index (χ4v) is 3.78. The number of aliphatic hydroxyl groups excluding tert-OH is 1. The molecule has 0 unspecified atom stereocenters. The predicted molar refractivity (Wildman–Crippen MR) is 97.6 cm³/mol. The maximum Gasteiger partial charge on any atom is 0.236 e. The average molecular weight is 367 g/mol. The molecule has 0 spiro atoms. The van der Waals surface area contributed by atoms with E-state index in [1.165, 1.54) is 0 Å². The molecule has 2 saturated heterocycles. The molecule has 0 saturated carbocycles. The molecule has 2 atom stereocenters. The third-order valence-electron chi connectivity index (χ3n) is 5.22. The Morgan fingerprint density at radius 3 is 2.64 bits per heavy atom. The molecule has 0 aromatic heterocycles. The Morgan fingerprint density at radius 2 is 2.00 bits per heavy atom. The van der Waals surface area contributed by atoms with Crippen molar-refractivity contribution in [3.63, 3.8) is 0 Å². The molecule has 2 N–H and O–H groups in total. The number of aliphatic hydroxyl groups is 1. The highest BCUT2D eigenvalue weighted by Crippen LogP contribution is 2.31. The highest BCUT2D eigenvalue weighted by atomic mass is 35.5.